The zero-order chi connectivity index (χ0) is 16.4. The van der Waals surface area contributed by atoms with Gasteiger partial charge in [0.05, 0.1) is 5.56 Å². The second-order valence-corrected chi connectivity index (χ2v) is 6.23. The van der Waals surface area contributed by atoms with Crippen LogP contribution in [0.1, 0.15) is 36.7 Å². The molecule has 0 aliphatic rings. The smallest absolute Gasteiger partial charge is 0.388 e. The van der Waals surface area contributed by atoms with Crippen LogP contribution in [0.5, 0.6) is 0 Å². The molecule has 1 aromatic carbocycles. The predicted molar refractivity (Wildman–Crippen MR) is 77.4 cm³/mol. The normalized spacial score (nSPS) is 12.2. The van der Waals surface area contributed by atoms with Crippen LogP contribution >= 0.6 is 0 Å². The van der Waals surface area contributed by atoms with Crippen LogP contribution < -0.4 is 5.32 Å². The van der Waals surface area contributed by atoms with Crippen molar-refractivity contribution in [2.45, 2.75) is 26.9 Å². The lowest BCUT2D eigenvalue weighted by Gasteiger charge is -2.27. The first-order valence-electron chi connectivity index (χ1n) is 6.60. The van der Waals surface area contributed by atoms with Crippen LogP contribution in [0.2, 0.25) is 0 Å². The van der Waals surface area contributed by atoms with Crippen LogP contribution in [0.4, 0.5) is 18.9 Å². The van der Waals surface area contributed by atoms with E-state index in [4.69, 9.17) is 0 Å². The van der Waals surface area contributed by atoms with Gasteiger partial charge in [0.2, 0.25) is 0 Å². The minimum absolute atomic E-state index is 0.0353. The standard InChI is InChI=1S/C15H21F3N2O/c1-14(2,3)9-20(5)13(21)10-6-7-12(19-4)11(8-10)15(16,17)18/h6-8,19H,9H2,1-5H3. The van der Waals surface area contributed by atoms with Gasteiger partial charge in [0.15, 0.2) is 0 Å². The third-order valence-corrected chi connectivity index (χ3v) is 2.90. The minimum Gasteiger partial charge on any atom is -0.388 e. The molecular formula is C15H21F3N2O. The van der Waals surface area contributed by atoms with Gasteiger partial charge in [-0.3, -0.25) is 4.79 Å². The average molecular weight is 302 g/mol. The summed E-state index contributed by atoms with van der Waals surface area (Å²) in [5.74, 6) is -0.418. The van der Waals surface area contributed by atoms with Crippen molar-refractivity contribution < 1.29 is 18.0 Å². The fourth-order valence-corrected chi connectivity index (χ4v) is 2.13. The summed E-state index contributed by atoms with van der Waals surface area (Å²) in [6.07, 6.45) is -4.50. The molecule has 0 saturated heterocycles. The van der Waals surface area contributed by atoms with E-state index in [1.54, 1.807) is 7.05 Å². The summed E-state index contributed by atoms with van der Waals surface area (Å²) in [6.45, 7) is 6.34. The number of amides is 1. The fraction of sp³-hybridized carbons (Fsp3) is 0.533. The third kappa shape index (κ3) is 4.65. The van der Waals surface area contributed by atoms with Gasteiger partial charge in [0.1, 0.15) is 0 Å². The van der Waals surface area contributed by atoms with E-state index in [0.29, 0.717) is 6.54 Å². The number of nitrogens with zero attached hydrogens (tertiary/aromatic N) is 1. The molecule has 6 heteroatoms. The molecule has 1 N–H and O–H groups in total. The van der Waals surface area contributed by atoms with Gasteiger partial charge in [-0.15, -0.1) is 0 Å². The maximum Gasteiger partial charge on any atom is 0.418 e. The lowest BCUT2D eigenvalue weighted by Crippen LogP contribution is -2.34. The fourth-order valence-electron chi connectivity index (χ4n) is 2.13. The number of benzene rings is 1. The second kappa shape index (κ2) is 5.95. The van der Waals surface area contributed by atoms with Crippen molar-refractivity contribution in [1.29, 1.82) is 0 Å². The first-order valence-corrected chi connectivity index (χ1v) is 6.60. The van der Waals surface area contributed by atoms with Crippen molar-refractivity contribution in [1.82, 2.24) is 4.90 Å². The van der Waals surface area contributed by atoms with Crippen LogP contribution in [0, 0.1) is 5.41 Å². The van der Waals surface area contributed by atoms with E-state index in [1.165, 1.54) is 24.1 Å². The van der Waals surface area contributed by atoms with Crippen molar-refractivity contribution >= 4 is 11.6 Å². The zero-order valence-electron chi connectivity index (χ0n) is 12.9. The van der Waals surface area contributed by atoms with E-state index in [2.05, 4.69) is 5.32 Å². The van der Waals surface area contributed by atoms with Crippen molar-refractivity contribution in [3.63, 3.8) is 0 Å². The number of rotatable bonds is 3. The van der Waals surface area contributed by atoms with E-state index >= 15 is 0 Å². The number of alkyl halides is 3. The van der Waals surface area contributed by atoms with E-state index in [1.807, 2.05) is 20.8 Å². The van der Waals surface area contributed by atoms with Crippen LogP contribution in [0.15, 0.2) is 18.2 Å². The van der Waals surface area contributed by atoms with E-state index < -0.39 is 17.6 Å². The Morgan fingerprint density at radius 1 is 1.24 bits per heavy atom. The molecule has 0 heterocycles. The first-order chi connectivity index (χ1) is 9.45. The van der Waals surface area contributed by atoms with E-state index in [9.17, 15) is 18.0 Å². The highest BCUT2D eigenvalue weighted by Gasteiger charge is 2.34. The number of anilines is 1. The molecular weight excluding hydrogens is 281 g/mol. The Bertz CT molecular complexity index is 519. The van der Waals surface area contributed by atoms with Crippen molar-refractivity contribution in [2.24, 2.45) is 5.41 Å². The van der Waals surface area contributed by atoms with Crippen LogP contribution in [-0.2, 0) is 6.18 Å². The Morgan fingerprint density at radius 2 is 1.81 bits per heavy atom. The number of hydrogen-bond acceptors (Lipinski definition) is 2. The summed E-state index contributed by atoms with van der Waals surface area (Å²) >= 11 is 0. The molecule has 0 aliphatic heterocycles. The van der Waals surface area contributed by atoms with Crippen LogP contribution in [-0.4, -0.2) is 31.4 Å². The predicted octanol–water partition coefficient (Wildman–Crippen LogP) is 3.87. The summed E-state index contributed by atoms with van der Waals surface area (Å²) in [6, 6.07) is 3.58. The largest absolute Gasteiger partial charge is 0.418 e. The molecule has 0 atom stereocenters. The maximum absolute atomic E-state index is 13.0. The number of nitrogens with one attached hydrogen (secondary N) is 1. The molecule has 118 valence electrons. The molecule has 21 heavy (non-hydrogen) atoms. The highest BCUT2D eigenvalue weighted by atomic mass is 19.4. The molecule has 1 aromatic rings. The molecule has 0 radical (unpaired) electrons. The topological polar surface area (TPSA) is 32.3 Å². The number of halogens is 3. The van der Waals surface area contributed by atoms with E-state index in [0.717, 1.165) is 6.07 Å². The van der Waals surface area contributed by atoms with Gasteiger partial charge in [0, 0.05) is 31.9 Å². The average Bonchev–Trinajstić information content (AvgIpc) is 2.34. The quantitative estimate of drug-likeness (QED) is 0.919. The summed E-state index contributed by atoms with van der Waals surface area (Å²) in [7, 11) is 3.00. The summed E-state index contributed by atoms with van der Waals surface area (Å²) in [5.41, 5.74) is -0.965. The molecule has 0 fully saturated rings. The van der Waals surface area contributed by atoms with Crippen LogP contribution in [0.25, 0.3) is 0 Å². The Balaban J connectivity index is 3.12. The SMILES string of the molecule is CNc1ccc(C(=O)N(C)CC(C)(C)C)cc1C(F)(F)F. The van der Waals surface area contributed by atoms with Crippen LogP contribution in [0.3, 0.4) is 0 Å². The van der Waals surface area contributed by atoms with Gasteiger partial charge in [0.25, 0.3) is 5.91 Å². The molecule has 0 aromatic heterocycles. The molecule has 1 amide bonds. The van der Waals surface area contributed by atoms with Crippen molar-refractivity contribution in [3.05, 3.63) is 29.3 Å². The number of carbonyl (C=O) groups excluding carboxylic acids is 1. The molecule has 0 spiro atoms. The van der Waals surface area contributed by atoms with Gasteiger partial charge in [-0.25, -0.2) is 0 Å². The van der Waals surface area contributed by atoms with Gasteiger partial charge in [-0.1, -0.05) is 20.8 Å². The summed E-state index contributed by atoms with van der Waals surface area (Å²) in [4.78, 5) is 13.7. The third-order valence-electron chi connectivity index (χ3n) is 2.90. The lowest BCUT2D eigenvalue weighted by molar-refractivity contribution is -0.137. The Hall–Kier alpha value is -1.72. The van der Waals surface area contributed by atoms with Crippen molar-refractivity contribution in [3.8, 4) is 0 Å². The maximum atomic E-state index is 13.0. The molecule has 1 rings (SSSR count). The monoisotopic (exact) mass is 302 g/mol. The highest BCUT2D eigenvalue weighted by molar-refractivity contribution is 5.94. The second-order valence-electron chi connectivity index (χ2n) is 6.23. The molecule has 0 aliphatic carbocycles. The number of carbonyl (C=O) groups is 1. The number of hydrogen-bond donors (Lipinski definition) is 1. The molecule has 0 saturated carbocycles. The first kappa shape index (κ1) is 17.3. The van der Waals surface area contributed by atoms with E-state index in [-0.39, 0.29) is 16.7 Å². The Kier molecular flexibility index (Phi) is 4.91. The molecule has 0 unspecified atom stereocenters. The summed E-state index contributed by atoms with van der Waals surface area (Å²) < 4.78 is 39.0. The summed E-state index contributed by atoms with van der Waals surface area (Å²) in [5, 5.41) is 2.49. The van der Waals surface area contributed by atoms with Gasteiger partial charge < -0.3 is 10.2 Å². The lowest BCUT2D eigenvalue weighted by atomic mass is 9.96. The van der Waals surface area contributed by atoms with Gasteiger partial charge in [-0.05, 0) is 23.6 Å². The Labute approximate surface area is 123 Å². The van der Waals surface area contributed by atoms with Gasteiger partial charge in [-0.2, -0.15) is 13.2 Å². The minimum atomic E-state index is -4.50. The highest BCUT2D eigenvalue weighted by Crippen LogP contribution is 2.35. The van der Waals surface area contributed by atoms with Gasteiger partial charge >= 0.3 is 6.18 Å². The Morgan fingerprint density at radius 3 is 2.24 bits per heavy atom. The van der Waals surface area contributed by atoms with Crippen molar-refractivity contribution in [2.75, 3.05) is 26.0 Å². The zero-order valence-corrected chi connectivity index (χ0v) is 12.9. The molecule has 0 bridgehead atoms. The molecule has 3 nitrogen and oxygen atoms in total.